The van der Waals surface area contributed by atoms with E-state index in [1.54, 1.807) is 0 Å². The van der Waals surface area contributed by atoms with Gasteiger partial charge in [-0.2, -0.15) is 5.10 Å². The Morgan fingerprint density at radius 1 is 0.708 bits per heavy atom. The van der Waals surface area contributed by atoms with E-state index in [0.29, 0.717) is 0 Å². The molecule has 2 heteroatoms. The van der Waals surface area contributed by atoms with Crippen LogP contribution in [-0.2, 0) is 6.42 Å². The van der Waals surface area contributed by atoms with Crippen LogP contribution in [0.3, 0.4) is 0 Å². The molecule has 0 fully saturated rings. The van der Waals surface area contributed by atoms with Gasteiger partial charge in [0.2, 0.25) is 0 Å². The van der Waals surface area contributed by atoms with Gasteiger partial charge in [0.05, 0.1) is 17.1 Å². The van der Waals surface area contributed by atoms with Crippen molar-refractivity contribution in [1.29, 1.82) is 0 Å². The number of nitrogens with zero attached hydrogens (tertiary/aromatic N) is 2. The number of hydrogen-bond acceptors (Lipinski definition) is 1. The van der Waals surface area contributed by atoms with E-state index >= 15 is 0 Å². The first-order chi connectivity index (χ1) is 11.9. The van der Waals surface area contributed by atoms with Crippen LogP contribution >= 0.6 is 0 Å². The molecule has 1 aromatic heterocycles. The van der Waals surface area contributed by atoms with Gasteiger partial charge in [-0.25, -0.2) is 4.68 Å². The fourth-order valence-corrected chi connectivity index (χ4v) is 3.57. The van der Waals surface area contributed by atoms with Crippen LogP contribution in [0.2, 0.25) is 0 Å². The molecule has 2 nitrogen and oxygen atoms in total. The summed E-state index contributed by atoms with van der Waals surface area (Å²) in [4.78, 5) is 0. The van der Waals surface area contributed by atoms with E-state index in [9.17, 15) is 0 Å². The van der Waals surface area contributed by atoms with Gasteiger partial charge in [-0.3, -0.25) is 0 Å². The maximum Gasteiger partial charge on any atom is 0.0969 e. The molecule has 0 atom stereocenters. The number of rotatable bonds is 2. The van der Waals surface area contributed by atoms with E-state index in [-0.39, 0.29) is 0 Å². The summed E-state index contributed by atoms with van der Waals surface area (Å²) in [5.41, 5.74) is 8.61. The Balaban J connectivity index is 1.81. The summed E-state index contributed by atoms with van der Waals surface area (Å²) in [6.45, 7) is 0. The predicted molar refractivity (Wildman–Crippen MR) is 97.2 cm³/mol. The lowest BCUT2D eigenvalue weighted by Crippen LogP contribution is -1.99. The minimum absolute atomic E-state index is 0.947. The number of para-hydroxylation sites is 1. The Hall–Kier alpha value is -3.13. The summed E-state index contributed by atoms with van der Waals surface area (Å²) < 4.78 is 2.10. The van der Waals surface area contributed by atoms with Crippen LogP contribution in [0.1, 0.15) is 11.1 Å². The summed E-state index contributed by atoms with van der Waals surface area (Å²) in [6, 6.07) is 29.5. The molecule has 1 aliphatic rings. The van der Waals surface area contributed by atoms with Crippen LogP contribution in [0.25, 0.3) is 28.2 Å². The Morgan fingerprint density at radius 3 is 2.17 bits per heavy atom. The number of fused-ring (bicyclic) bond motifs is 3. The lowest BCUT2D eigenvalue weighted by atomic mass is 10.1. The van der Waals surface area contributed by atoms with E-state index < -0.39 is 0 Å². The summed E-state index contributed by atoms with van der Waals surface area (Å²) >= 11 is 0. The van der Waals surface area contributed by atoms with E-state index in [0.717, 1.165) is 17.8 Å². The maximum atomic E-state index is 4.99. The van der Waals surface area contributed by atoms with Gasteiger partial charge in [-0.05, 0) is 17.7 Å². The Kier molecular flexibility index (Phi) is 2.89. The largest absolute Gasteiger partial charge is 0.232 e. The lowest BCUT2D eigenvalue weighted by Gasteiger charge is -2.07. The van der Waals surface area contributed by atoms with E-state index in [1.807, 2.05) is 12.1 Å². The fourth-order valence-electron chi connectivity index (χ4n) is 3.57. The topological polar surface area (TPSA) is 17.8 Å². The third kappa shape index (κ3) is 1.93. The van der Waals surface area contributed by atoms with Crippen molar-refractivity contribution in [2.45, 2.75) is 6.42 Å². The summed E-state index contributed by atoms with van der Waals surface area (Å²) in [5, 5.41) is 4.99. The highest BCUT2D eigenvalue weighted by atomic mass is 15.3. The smallest absolute Gasteiger partial charge is 0.0969 e. The molecule has 0 saturated heterocycles. The number of aromatic nitrogens is 2. The van der Waals surface area contributed by atoms with Gasteiger partial charge >= 0.3 is 0 Å². The summed E-state index contributed by atoms with van der Waals surface area (Å²) in [7, 11) is 0. The molecule has 1 heterocycles. The van der Waals surface area contributed by atoms with Crippen molar-refractivity contribution in [2.24, 2.45) is 0 Å². The van der Waals surface area contributed by atoms with E-state index in [2.05, 4.69) is 77.5 Å². The normalized spacial score (nSPS) is 12.0. The monoisotopic (exact) mass is 308 g/mol. The molecule has 0 unspecified atom stereocenters. The molecular weight excluding hydrogens is 292 g/mol. The van der Waals surface area contributed by atoms with Gasteiger partial charge in [-0.1, -0.05) is 72.8 Å². The second kappa shape index (κ2) is 5.20. The minimum atomic E-state index is 0.947. The Morgan fingerprint density at radius 2 is 1.38 bits per heavy atom. The zero-order valence-electron chi connectivity index (χ0n) is 13.2. The highest BCUT2D eigenvalue weighted by Crippen LogP contribution is 2.42. The van der Waals surface area contributed by atoms with Crippen molar-refractivity contribution in [3.05, 3.63) is 96.1 Å². The molecule has 114 valence electrons. The molecule has 3 aromatic carbocycles. The van der Waals surface area contributed by atoms with E-state index in [4.69, 9.17) is 5.10 Å². The zero-order chi connectivity index (χ0) is 15.9. The van der Waals surface area contributed by atoms with Crippen LogP contribution in [0.5, 0.6) is 0 Å². The van der Waals surface area contributed by atoms with Gasteiger partial charge in [0.15, 0.2) is 0 Å². The summed E-state index contributed by atoms with van der Waals surface area (Å²) in [5.74, 6) is 0. The second-order valence-corrected chi connectivity index (χ2v) is 6.12. The van der Waals surface area contributed by atoms with Gasteiger partial charge in [0.25, 0.3) is 0 Å². The molecule has 0 radical (unpaired) electrons. The first kappa shape index (κ1) is 13.3. The zero-order valence-corrected chi connectivity index (χ0v) is 13.2. The first-order valence-corrected chi connectivity index (χ1v) is 8.23. The van der Waals surface area contributed by atoms with Gasteiger partial charge in [0.1, 0.15) is 0 Å². The fraction of sp³-hybridized carbons (Fsp3) is 0.0455. The molecule has 5 rings (SSSR count). The molecule has 0 amide bonds. The van der Waals surface area contributed by atoms with Crippen molar-refractivity contribution in [1.82, 2.24) is 9.78 Å². The molecule has 0 spiro atoms. The standard InChI is InChI=1S/C22H16N2/c1-3-9-16(10-4-1)21-20-15-17-11-7-8-14-19(17)22(20)24(23-21)18-12-5-2-6-13-18/h1-14H,15H2. The van der Waals surface area contributed by atoms with Crippen molar-refractivity contribution in [3.63, 3.8) is 0 Å². The van der Waals surface area contributed by atoms with Gasteiger partial charge in [0, 0.05) is 23.1 Å². The van der Waals surface area contributed by atoms with Crippen LogP contribution in [0.4, 0.5) is 0 Å². The molecule has 0 saturated carbocycles. The van der Waals surface area contributed by atoms with Crippen molar-refractivity contribution in [3.8, 4) is 28.2 Å². The SMILES string of the molecule is c1ccc(-c2nn(-c3ccccc3)c3c2Cc2ccccc2-3)cc1. The quantitative estimate of drug-likeness (QED) is 0.443. The van der Waals surface area contributed by atoms with Crippen molar-refractivity contribution in [2.75, 3.05) is 0 Å². The third-order valence-corrected chi connectivity index (χ3v) is 4.67. The second-order valence-electron chi connectivity index (χ2n) is 6.12. The molecule has 4 aromatic rings. The molecule has 1 aliphatic carbocycles. The molecule has 0 N–H and O–H groups in total. The van der Waals surface area contributed by atoms with Crippen LogP contribution in [-0.4, -0.2) is 9.78 Å². The molecule has 0 bridgehead atoms. The van der Waals surface area contributed by atoms with Gasteiger partial charge < -0.3 is 0 Å². The average molecular weight is 308 g/mol. The summed E-state index contributed by atoms with van der Waals surface area (Å²) in [6.07, 6.45) is 0.947. The van der Waals surface area contributed by atoms with E-state index in [1.165, 1.54) is 27.9 Å². The predicted octanol–water partition coefficient (Wildman–Crippen LogP) is 5.11. The van der Waals surface area contributed by atoms with Crippen LogP contribution < -0.4 is 0 Å². The number of hydrogen-bond donors (Lipinski definition) is 0. The Bertz CT molecular complexity index is 1010. The highest BCUT2D eigenvalue weighted by Gasteiger charge is 2.28. The van der Waals surface area contributed by atoms with Crippen molar-refractivity contribution >= 4 is 0 Å². The number of benzene rings is 3. The minimum Gasteiger partial charge on any atom is -0.232 e. The van der Waals surface area contributed by atoms with Crippen molar-refractivity contribution < 1.29 is 0 Å². The highest BCUT2D eigenvalue weighted by molar-refractivity contribution is 5.82. The third-order valence-electron chi connectivity index (χ3n) is 4.67. The lowest BCUT2D eigenvalue weighted by molar-refractivity contribution is 0.892. The molecule has 24 heavy (non-hydrogen) atoms. The molecule has 0 aliphatic heterocycles. The van der Waals surface area contributed by atoms with Crippen LogP contribution in [0, 0.1) is 0 Å². The maximum absolute atomic E-state index is 4.99. The Labute approximate surface area is 141 Å². The average Bonchev–Trinajstić information content (AvgIpc) is 3.20. The first-order valence-electron chi connectivity index (χ1n) is 8.23. The molecular formula is C22H16N2. The van der Waals surface area contributed by atoms with Gasteiger partial charge in [-0.15, -0.1) is 0 Å². The van der Waals surface area contributed by atoms with Crippen LogP contribution in [0.15, 0.2) is 84.9 Å².